The van der Waals surface area contributed by atoms with Gasteiger partial charge in [0.25, 0.3) is 0 Å². The zero-order valence-corrected chi connectivity index (χ0v) is 15.6. The summed E-state index contributed by atoms with van der Waals surface area (Å²) in [7, 11) is 0. The van der Waals surface area contributed by atoms with Crippen LogP contribution in [0.1, 0.15) is 67.2 Å². The lowest BCUT2D eigenvalue weighted by molar-refractivity contribution is -0.154. The maximum absolute atomic E-state index is 12.6. The van der Waals surface area contributed by atoms with Crippen molar-refractivity contribution < 1.29 is 19.1 Å². The minimum absolute atomic E-state index is 0.116. The monoisotopic (exact) mass is 327 g/mol. The van der Waals surface area contributed by atoms with E-state index in [2.05, 4.69) is 20.8 Å². The average Bonchev–Trinajstić information content (AvgIpc) is 2.44. The molecule has 1 amide bonds. The minimum atomic E-state index is -0.571. The smallest absolute Gasteiger partial charge is 0.411 e. The molecule has 0 bridgehead atoms. The van der Waals surface area contributed by atoms with E-state index in [0.29, 0.717) is 19.1 Å². The molecular weight excluding hydrogens is 294 g/mol. The molecule has 2 atom stereocenters. The zero-order chi connectivity index (χ0) is 17.6. The number of likely N-dealkylation sites (tertiary alicyclic amines) is 1. The Morgan fingerprint density at radius 2 is 1.91 bits per heavy atom. The Balaban J connectivity index is 2.90. The van der Waals surface area contributed by atoms with Crippen molar-refractivity contribution in [1.82, 2.24) is 4.90 Å². The number of unbranched alkanes of at least 4 members (excludes halogenated alkanes) is 1. The highest BCUT2D eigenvalue weighted by atomic mass is 16.6. The number of hydrogen-bond acceptors (Lipinski definition) is 4. The van der Waals surface area contributed by atoms with Crippen LogP contribution in [0.3, 0.4) is 0 Å². The fourth-order valence-corrected chi connectivity index (χ4v) is 2.95. The van der Waals surface area contributed by atoms with E-state index in [1.165, 1.54) is 0 Å². The quantitative estimate of drug-likeness (QED) is 0.566. The van der Waals surface area contributed by atoms with E-state index in [9.17, 15) is 9.59 Å². The highest BCUT2D eigenvalue weighted by Gasteiger charge is 2.43. The fraction of sp³-hybridized carbons (Fsp3) is 0.889. The van der Waals surface area contributed by atoms with E-state index in [0.717, 1.165) is 25.7 Å². The summed E-state index contributed by atoms with van der Waals surface area (Å²) in [5.41, 5.74) is -0.571. The first-order valence-corrected chi connectivity index (χ1v) is 8.83. The van der Waals surface area contributed by atoms with E-state index in [-0.39, 0.29) is 11.9 Å². The summed E-state index contributed by atoms with van der Waals surface area (Å²) in [6, 6.07) is -0.532. The van der Waals surface area contributed by atoms with Crippen molar-refractivity contribution in [2.75, 3.05) is 13.2 Å². The van der Waals surface area contributed by atoms with Gasteiger partial charge in [-0.2, -0.15) is 0 Å². The topological polar surface area (TPSA) is 55.8 Å². The van der Waals surface area contributed by atoms with Crippen LogP contribution >= 0.6 is 0 Å². The van der Waals surface area contributed by atoms with E-state index in [4.69, 9.17) is 9.47 Å². The van der Waals surface area contributed by atoms with Gasteiger partial charge in [0, 0.05) is 6.54 Å². The second kappa shape index (κ2) is 8.55. The highest BCUT2D eigenvalue weighted by Crippen LogP contribution is 2.31. The number of amides is 1. The number of hydrogen-bond donors (Lipinski definition) is 0. The molecule has 23 heavy (non-hydrogen) atoms. The summed E-state index contributed by atoms with van der Waals surface area (Å²) < 4.78 is 10.9. The summed E-state index contributed by atoms with van der Waals surface area (Å²) in [4.78, 5) is 26.7. The van der Waals surface area contributed by atoms with Gasteiger partial charge in [-0.1, -0.05) is 27.2 Å². The summed E-state index contributed by atoms with van der Waals surface area (Å²) in [6.45, 7) is 12.7. The number of esters is 1. The molecule has 0 aromatic carbocycles. The normalized spacial score (nSPS) is 22.1. The number of ether oxygens (including phenoxy) is 2. The molecule has 0 saturated carbocycles. The maximum atomic E-state index is 12.6. The maximum Gasteiger partial charge on any atom is 0.411 e. The molecule has 0 aliphatic carbocycles. The Morgan fingerprint density at radius 3 is 2.43 bits per heavy atom. The average molecular weight is 327 g/mol. The van der Waals surface area contributed by atoms with Crippen LogP contribution in [0.15, 0.2) is 0 Å². The highest BCUT2D eigenvalue weighted by molar-refractivity contribution is 5.82. The molecule has 5 heteroatoms. The van der Waals surface area contributed by atoms with Crippen LogP contribution in [0.5, 0.6) is 0 Å². The summed E-state index contributed by atoms with van der Waals surface area (Å²) in [5, 5.41) is 0. The largest absolute Gasteiger partial charge is 0.464 e. The lowest BCUT2D eigenvalue weighted by atomic mass is 9.81. The Hall–Kier alpha value is -1.26. The van der Waals surface area contributed by atoms with Crippen molar-refractivity contribution in [2.45, 2.75) is 78.9 Å². The van der Waals surface area contributed by atoms with E-state index >= 15 is 0 Å². The van der Waals surface area contributed by atoms with Gasteiger partial charge in [-0.15, -0.1) is 0 Å². The molecule has 1 saturated heterocycles. The molecule has 5 nitrogen and oxygen atoms in total. The van der Waals surface area contributed by atoms with E-state index in [1.54, 1.807) is 4.90 Å². The van der Waals surface area contributed by atoms with Crippen LogP contribution < -0.4 is 0 Å². The summed E-state index contributed by atoms with van der Waals surface area (Å²) in [5.74, 6) is 0.136. The number of piperidine rings is 1. The van der Waals surface area contributed by atoms with Crippen molar-refractivity contribution >= 4 is 12.1 Å². The number of carbonyl (C=O) groups excluding carboxylic acids is 2. The van der Waals surface area contributed by atoms with Crippen LogP contribution in [0.4, 0.5) is 4.79 Å². The van der Waals surface area contributed by atoms with Crippen molar-refractivity contribution in [1.29, 1.82) is 0 Å². The van der Waals surface area contributed by atoms with E-state index in [1.807, 2.05) is 20.8 Å². The van der Waals surface area contributed by atoms with Crippen molar-refractivity contribution in [3.63, 3.8) is 0 Å². The van der Waals surface area contributed by atoms with Crippen molar-refractivity contribution in [3.8, 4) is 0 Å². The van der Waals surface area contributed by atoms with Gasteiger partial charge in [0.05, 0.1) is 6.61 Å². The van der Waals surface area contributed by atoms with Gasteiger partial charge >= 0.3 is 12.1 Å². The van der Waals surface area contributed by atoms with Gasteiger partial charge in [0.1, 0.15) is 11.6 Å². The molecule has 1 aliphatic heterocycles. The molecule has 0 radical (unpaired) electrons. The van der Waals surface area contributed by atoms with Crippen molar-refractivity contribution in [3.05, 3.63) is 0 Å². The Bertz CT molecular complexity index is 400. The third kappa shape index (κ3) is 6.04. The van der Waals surface area contributed by atoms with Crippen LogP contribution in [0.25, 0.3) is 0 Å². The fourth-order valence-electron chi connectivity index (χ4n) is 2.95. The lowest BCUT2D eigenvalue weighted by Crippen LogP contribution is -2.55. The number of carbonyl (C=O) groups is 2. The molecular formula is C18H33NO4. The van der Waals surface area contributed by atoms with Gasteiger partial charge in [0.15, 0.2) is 0 Å². The Kier molecular flexibility index (Phi) is 7.36. The van der Waals surface area contributed by atoms with Gasteiger partial charge in [-0.25, -0.2) is 9.59 Å². The Labute approximate surface area is 140 Å². The van der Waals surface area contributed by atoms with Gasteiger partial charge in [-0.05, 0) is 51.9 Å². The molecule has 134 valence electrons. The molecule has 0 spiro atoms. The number of rotatable bonds is 5. The molecule has 0 aromatic rings. The zero-order valence-electron chi connectivity index (χ0n) is 15.6. The summed E-state index contributed by atoms with van der Waals surface area (Å²) >= 11 is 0. The van der Waals surface area contributed by atoms with Crippen molar-refractivity contribution in [2.24, 2.45) is 11.8 Å². The van der Waals surface area contributed by atoms with E-state index < -0.39 is 17.7 Å². The predicted molar refractivity (Wildman–Crippen MR) is 90.2 cm³/mol. The summed E-state index contributed by atoms with van der Waals surface area (Å²) in [6.07, 6.45) is 3.23. The Morgan fingerprint density at radius 1 is 1.26 bits per heavy atom. The second-order valence-electron chi connectivity index (χ2n) is 7.69. The molecule has 1 fully saturated rings. The minimum Gasteiger partial charge on any atom is -0.464 e. The van der Waals surface area contributed by atoms with Crippen LogP contribution in [0, 0.1) is 11.8 Å². The third-order valence-corrected chi connectivity index (χ3v) is 4.15. The van der Waals surface area contributed by atoms with Crippen LogP contribution in [-0.2, 0) is 14.3 Å². The third-order valence-electron chi connectivity index (χ3n) is 4.15. The first kappa shape index (κ1) is 19.8. The predicted octanol–water partition coefficient (Wildman–Crippen LogP) is 4.00. The molecule has 0 N–H and O–H groups in total. The van der Waals surface area contributed by atoms with Crippen LogP contribution in [-0.4, -0.2) is 41.8 Å². The molecule has 1 aliphatic rings. The number of nitrogens with zero attached hydrogens (tertiary/aromatic N) is 1. The second-order valence-corrected chi connectivity index (χ2v) is 7.69. The van der Waals surface area contributed by atoms with Gasteiger partial charge < -0.3 is 9.47 Å². The van der Waals surface area contributed by atoms with Gasteiger partial charge in [0.2, 0.25) is 0 Å². The van der Waals surface area contributed by atoms with Gasteiger partial charge in [-0.3, -0.25) is 4.90 Å². The van der Waals surface area contributed by atoms with Crippen LogP contribution in [0.2, 0.25) is 0 Å². The molecule has 2 unspecified atom stereocenters. The SMILES string of the molecule is CCCCOC(=O)C1C(C(C)C)CCCN1C(=O)OC(C)(C)C. The molecule has 1 rings (SSSR count). The first-order valence-electron chi connectivity index (χ1n) is 8.83. The first-order chi connectivity index (χ1) is 10.7. The standard InChI is InChI=1S/C18H33NO4/c1-7-8-12-22-16(20)15-14(13(2)3)10-9-11-19(15)17(21)23-18(4,5)6/h13-15H,7-12H2,1-6H3. The molecule has 0 aromatic heterocycles. The lowest BCUT2D eigenvalue weighted by Gasteiger charge is -2.41. The molecule has 1 heterocycles.